The number of aromatic nitrogens is 2. The molecule has 4 aromatic rings. The molecule has 2 aromatic carbocycles. The van der Waals surface area contributed by atoms with Crippen molar-refractivity contribution in [1.29, 1.82) is 5.26 Å². The second-order valence-electron chi connectivity index (χ2n) is 8.20. The molecule has 2 amide bonds. The van der Waals surface area contributed by atoms with E-state index in [1.165, 1.54) is 0 Å². The number of carbonyl (C=O) groups is 2. The summed E-state index contributed by atoms with van der Waals surface area (Å²) in [7, 11) is 0. The molecule has 0 fully saturated rings. The highest BCUT2D eigenvalue weighted by atomic mass is 35.5. The minimum atomic E-state index is -0.826. The maximum atomic E-state index is 13.5. The van der Waals surface area contributed by atoms with Crippen LogP contribution in [0.4, 0.5) is 4.79 Å². The van der Waals surface area contributed by atoms with E-state index in [1.54, 1.807) is 73.2 Å². The van der Waals surface area contributed by atoms with Crippen molar-refractivity contribution in [3.63, 3.8) is 0 Å². The van der Waals surface area contributed by atoms with Gasteiger partial charge in [-0.15, -0.1) is 0 Å². The number of nitrogens with one attached hydrogen (secondary N) is 3. The normalized spacial score (nSPS) is 15.0. The van der Waals surface area contributed by atoms with Crippen molar-refractivity contribution in [3.8, 4) is 11.8 Å². The first-order valence-corrected chi connectivity index (χ1v) is 11.7. The second kappa shape index (κ2) is 10.4. The fourth-order valence-electron chi connectivity index (χ4n) is 4.11. The van der Waals surface area contributed by atoms with Gasteiger partial charge in [-0.05, 0) is 35.9 Å². The Hall–Kier alpha value is -4.81. The van der Waals surface area contributed by atoms with Gasteiger partial charge < -0.3 is 25.1 Å². The molecule has 0 radical (unpaired) electrons. The van der Waals surface area contributed by atoms with Crippen molar-refractivity contribution >= 4 is 34.5 Å². The number of benzene rings is 2. The number of ether oxygens (including phenoxy) is 2. The van der Waals surface area contributed by atoms with Gasteiger partial charge in [-0.3, -0.25) is 4.98 Å². The molecule has 0 saturated heterocycles. The fourth-order valence-corrected chi connectivity index (χ4v) is 4.30. The Labute approximate surface area is 216 Å². The highest BCUT2D eigenvalue weighted by molar-refractivity contribution is 6.32. The lowest BCUT2D eigenvalue weighted by Crippen LogP contribution is -2.47. The molecule has 9 nitrogen and oxygen atoms in total. The van der Waals surface area contributed by atoms with E-state index in [4.69, 9.17) is 26.3 Å². The van der Waals surface area contributed by atoms with E-state index >= 15 is 0 Å². The number of carbonyl (C=O) groups excluding carboxylic acids is 2. The number of H-pyrrole nitrogens is 1. The van der Waals surface area contributed by atoms with Crippen molar-refractivity contribution in [3.05, 3.63) is 106 Å². The first-order chi connectivity index (χ1) is 18.0. The number of rotatable bonds is 7. The summed E-state index contributed by atoms with van der Waals surface area (Å²) in [6.07, 6.45) is 5.01. The van der Waals surface area contributed by atoms with E-state index in [0.29, 0.717) is 27.5 Å². The topological polar surface area (TPSA) is 129 Å². The first-order valence-electron chi connectivity index (χ1n) is 11.3. The summed E-state index contributed by atoms with van der Waals surface area (Å²) < 4.78 is 11.5. The quantitative estimate of drug-likeness (QED) is 0.312. The molecule has 0 saturated carbocycles. The van der Waals surface area contributed by atoms with Crippen LogP contribution in [0.15, 0.2) is 84.5 Å². The van der Waals surface area contributed by atoms with Gasteiger partial charge in [-0.2, -0.15) is 5.26 Å². The number of hydrogen-bond donors (Lipinski definition) is 3. The molecule has 1 atom stereocenters. The molecule has 10 heteroatoms. The molecule has 1 unspecified atom stereocenters. The molecule has 0 bridgehead atoms. The zero-order valence-corrected chi connectivity index (χ0v) is 20.1. The number of hydrogen-bond acceptors (Lipinski definition) is 6. The molecule has 3 N–H and O–H groups in total. The molecule has 37 heavy (non-hydrogen) atoms. The minimum absolute atomic E-state index is 0.0605. The molecule has 184 valence electrons. The van der Waals surface area contributed by atoms with Gasteiger partial charge in [0.2, 0.25) is 0 Å². The number of pyridine rings is 1. The molecule has 1 aliphatic heterocycles. The van der Waals surface area contributed by atoms with Crippen LogP contribution in [0.5, 0.6) is 5.75 Å². The number of nitriles is 1. The molecule has 5 rings (SSSR count). The Balaban J connectivity index is 1.51. The van der Waals surface area contributed by atoms with Gasteiger partial charge in [0, 0.05) is 23.3 Å². The van der Waals surface area contributed by atoms with E-state index in [0.717, 1.165) is 10.9 Å². The van der Waals surface area contributed by atoms with E-state index < -0.39 is 18.0 Å². The third-order valence-corrected chi connectivity index (χ3v) is 6.15. The number of urea groups is 1. The standard InChI is InChI=1S/C27H20ClN5O4/c28-20-6-1-2-7-23(20)36-15-22-24(26(34)37-14-17-5-3-4-16(10-17)11-29)25(33-27(35)32-22)19-12-31-21-13-30-9-8-18(19)21/h1-10,12-13,25,31H,14-15H2,(H2,32,33,35). The highest BCUT2D eigenvalue weighted by Crippen LogP contribution is 2.33. The maximum Gasteiger partial charge on any atom is 0.338 e. The third kappa shape index (κ3) is 5.10. The monoisotopic (exact) mass is 513 g/mol. The van der Waals surface area contributed by atoms with Crippen molar-refractivity contribution in [1.82, 2.24) is 20.6 Å². The molecule has 2 aromatic heterocycles. The number of fused-ring (bicyclic) bond motifs is 1. The number of amides is 2. The van der Waals surface area contributed by atoms with Gasteiger partial charge in [0.1, 0.15) is 19.0 Å². The number of nitrogens with zero attached hydrogens (tertiary/aromatic N) is 2. The van der Waals surface area contributed by atoms with Crippen molar-refractivity contribution in [2.45, 2.75) is 12.6 Å². The Bertz CT molecular complexity index is 1570. The van der Waals surface area contributed by atoms with Crippen LogP contribution in [0.2, 0.25) is 5.02 Å². The van der Waals surface area contributed by atoms with Crippen molar-refractivity contribution < 1.29 is 19.1 Å². The Kier molecular flexibility index (Phi) is 6.74. The zero-order valence-electron chi connectivity index (χ0n) is 19.3. The SMILES string of the molecule is N#Cc1cccc(COC(=O)C2=C(COc3ccccc3Cl)NC(=O)NC2c2c[nH]c3cnccc23)c1. The maximum absolute atomic E-state index is 13.5. The summed E-state index contributed by atoms with van der Waals surface area (Å²) in [6, 6.07) is 16.2. The van der Waals surface area contributed by atoms with Crippen LogP contribution in [0.1, 0.15) is 22.7 Å². The smallest absolute Gasteiger partial charge is 0.338 e. The summed E-state index contributed by atoms with van der Waals surface area (Å²) in [5, 5.41) is 15.9. The number of halogens is 1. The largest absolute Gasteiger partial charge is 0.486 e. The lowest BCUT2D eigenvalue weighted by molar-refractivity contribution is -0.140. The van der Waals surface area contributed by atoms with E-state index in [1.807, 2.05) is 0 Å². The summed E-state index contributed by atoms with van der Waals surface area (Å²) in [6.45, 7) is -0.194. The fraction of sp³-hybridized carbons (Fsp3) is 0.111. The Morgan fingerprint density at radius 3 is 2.84 bits per heavy atom. The van der Waals surface area contributed by atoms with Gasteiger partial charge in [0.05, 0.1) is 45.7 Å². The van der Waals surface area contributed by atoms with Gasteiger partial charge in [0.25, 0.3) is 0 Å². The molecule has 0 aliphatic carbocycles. The Morgan fingerprint density at radius 1 is 1.14 bits per heavy atom. The van der Waals surface area contributed by atoms with Crippen LogP contribution in [-0.4, -0.2) is 28.6 Å². The number of esters is 1. The Morgan fingerprint density at radius 2 is 2.00 bits per heavy atom. The molecule has 1 aliphatic rings. The minimum Gasteiger partial charge on any atom is -0.486 e. The number of para-hydroxylation sites is 1. The molecular formula is C27H20ClN5O4. The summed E-state index contributed by atoms with van der Waals surface area (Å²) in [4.78, 5) is 33.4. The van der Waals surface area contributed by atoms with Gasteiger partial charge >= 0.3 is 12.0 Å². The van der Waals surface area contributed by atoms with Crippen LogP contribution in [0.25, 0.3) is 10.9 Å². The lowest BCUT2D eigenvalue weighted by Gasteiger charge is -2.29. The zero-order chi connectivity index (χ0) is 25.8. The van der Waals surface area contributed by atoms with Gasteiger partial charge in [0.15, 0.2) is 0 Å². The van der Waals surface area contributed by atoms with E-state index in [-0.39, 0.29) is 24.5 Å². The van der Waals surface area contributed by atoms with Crippen molar-refractivity contribution in [2.24, 2.45) is 0 Å². The summed E-state index contributed by atoms with van der Waals surface area (Å²) >= 11 is 6.22. The van der Waals surface area contributed by atoms with Crippen LogP contribution >= 0.6 is 11.6 Å². The average molecular weight is 514 g/mol. The second-order valence-corrected chi connectivity index (χ2v) is 8.60. The highest BCUT2D eigenvalue weighted by Gasteiger charge is 2.35. The third-order valence-electron chi connectivity index (χ3n) is 5.83. The first kappa shape index (κ1) is 23.9. The molecule has 3 heterocycles. The predicted molar refractivity (Wildman–Crippen MR) is 135 cm³/mol. The average Bonchev–Trinajstić information content (AvgIpc) is 3.35. The van der Waals surface area contributed by atoms with Crippen LogP contribution in [0, 0.1) is 11.3 Å². The lowest BCUT2D eigenvalue weighted by atomic mass is 9.95. The summed E-state index contributed by atoms with van der Waals surface area (Å²) in [5.41, 5.74) is 2.96. The van der Waals surface area contributed by atoms with Gasteiger partial charge in [-0.25, -0.2) is 9.59 Å². The van der Waals surface area contributed by atoms with Gasteiger partial charge in [-0.1, -0.05) is 35.9 Å². The molecule has 0 spiro atoms. The molecular weight excluding hydrogens is 494 g/mol. The van der Waals surface area contributed by atoms with Crippen LogP contribution in [0.3, 0.4) is 0 Å². The van der Waals surface area contributed by atoms with E-state index in [2.05, 4.69) is 26.7 Å². The predicted octanol–water partition coefficient (Wildman–Crippen LogP) is 4.52. The number of aromatic amines is 1. The van der Waals surface area contributed by atoms with Crippen LogP contribution in [-0.2, 0) is 16.1 Å². The van der Waals surface area contributed by atoms with Crippen LogP contribution < -0.4 is 15.4 Å². The summed E-state index contributed by atoms with van der Waals surface area (Å²) in [5.74, 6) is -0.249. The van der Waals surface area contributed by atoms with Crippen molar-refractivity contribution in [2.75, 3.05) is 6.61 Å². The van der Waals surface area contributed by atoms with E-state index in [9.17, 15) is 9.59 Å².